The molecule has 25 heavy (non-hydrogen) atoms. The summed E-state index contributed by atoms with van der Waals surface area (Å²) in [4.78, 5) is 22.6. The number of benzene rings is 2. The van der Waals surface area contributed by atoms with Crippen molar-refractivity contribution in [1.82, 2.24) is 0 Å². The van der Waals surface area contributed by atoms with E-state index in [1.54, 1.807) is 12.1 Å². The van der Waals surface area contributed by atoms with E-state index in [1.165, 1.54) is 30.9 Å². The molecule has 0 unspecified atom stereocenters. The Labute approximate surface area is 146 Å². The summed E-state index contributed by atoms with van der Waals surface area (Å²) in [5, 5.41) is 10.9. The molecule has 132 valence electrons. The fourth-order valence-corrected chi connectivity index (χ4v) is 2.35. The first-order chi connectivity index (χ1) is 12.0. The van der Waals surface area contributed by atoms with Crippen molar-refractivity contribution in [1.29, 1.82) is 0 Å². The number of hydrogen-bond acceptors (Lipinski definition) is 5. The van der Waals surface area contributed by atoms with Gasteiger partial charge in [0.25, 0.3) is 5.69 Å². The summed E-state index contributed by atoms with van der Waals surface area (Å²) in [6, 6.07) is 11.4. The molecule has 1 atom stereocenters. The number of ketones is 1. The molecule has 0 aliphatic heterocycles. The molecule has 2 aromatic rings. The predicted octanol–water partition coefficient (Wildman–Crippen LogP) is 4.38. The third-order valence-corrected chi connectivity index (χ3v) is 4.13. The van der Waals surface area contributed by atoms with Crippen molar-refractivity contribution < 1.29 is 19.2 Å². The average Bonchev–Trinajstić information content (AvgIpc) is 2.65. The summed E-state index contributed by atoms with van der Waals surface area (Å²) >= 11 is 0. The SMILES string of the molecule is CC[C@H](C)c1ccc(C(=O)COc2cc([N+](=O)[O-])ccc2OC)cc1. The van der Waals surface area contributed by atoms with Gasteiger partial charge in [0.05, 0.1) is 18.1 Å². The average molecular weight is 343 g/mol. The first kappa shape index (κ1) is 18.4. The van der Waals surface area contributed by atoms with Gasteiger partial charge in [0.15, 0.2) is 23.9 Å². The molecule has 0 amide bonds. The molecule has 0 heterocycles. The van der Waals surface area contributed by atoms with Crippen molar-refractivity contribution in [3.63, 3.8) is 0 Å². The Balaban J connectivity index is 2.09. The smallest absolute Gasteiger partial charge is 0.273 e. The number of non-ortho nitro benzene ring substituents is 1. The number of nitrogens with zero attached hydrogens (tertiary/aromatic N) is 1. The van der Waals surface area contributed by atoms with Crippen molar-refractivity contribution in [2.75, 3.05) is 13.7 Å². The molecule has 6 nitrogen and oxygen atoms in total. The third kappa shape index (κ3) is 4.56. The van der Waals surface area contributed by atoms with E-state index < -0.39 is 4.92 Å². The van der Waals surface area contributed by atoms with Gasteiger partial charge >= 0.3 is 0 Å². The van der Waals surface area contributed by atoms with Crippen LogP contribution in [0, 0.1) is 10.1 Å². The van der Waals surface area contributed by atoms with Gasteiger partial charge in [0.1, 0.15) is 0 Å². The van der Waals surface area contributed by atoms with Crippen molar-refractivity contribution >= 4 is 11.5 Å². The van der Waals surface area contributed by atoms with Crippen molar-refractivity contribution in [3.8, 4) is 11.5 Å². The number of hydrogen-bond donors (Lipinski definition) is 0. The molecule has 0 aromatic heterocycles. The fourth-order valence-electron chi connectivity index (χ4n) is 2.35. The minimum Gasteiger partial charge on any atom is -0.493 e. The maximum atomic E-state index is 12.3. The fraction of sp³-hybridized carbons (Fsp3) is 0.316. The number of nitro benzene ring substituents is 1. The lowest BCUT2D eigenvalue weighted by molar-refractivity contribution is -0.385. The standard InChI is InChI=1S/C19H21NO5/c1-4-13(2)14-5-7-15(8-6-14)17(21)12-25-19-11-16(20(22)23)9-10-18(19)24-3/h5-11,13H,4,12H2,1-3H3/t13-/m0/s1. The maximum Gasteiger partial charge on any atom is 0.273 e. The lowest BCUT2D eigenvalue weighted by Crippen LogP contribution is -2.12. The highest BCUT2D eigenvalue weighted by atomic mass is 16.6. The highest BCUT2D eigenvalue weighted by molar-refractivity contribution is 5.97. The second kappa shape index (κ2) is 8.28. The lowest BCUT2D eigenvalue weighted by atomic mass is 9.97. The van der Waals surface area contributed by atoms with Crippen LogP contribution >= 0.6 is 0 Å². The van der Waals surface area contributed by atoms with Gasteiger partial charge in [-0.1, -0.05) is 38.1 Å². The Morgan fingerprint density at radius 1 is 1.16 bits per heavy atom. The van der Waals surface area contributed by atoms with Crippen LogP contribution in [-0.4, -0.2) is 24.4 Å². The molecular formula is C19H21NO5. The highest BCUT2D eigenvalue weighted by Crippen LogP contribution is 2.31. The zero-order valence-electron chi connectivity index (χ0n) is 14.5. The van der Waals surface area contributed by atoms with Crippen LogP contribution in [0.15, 0.2) is 42.5 Å². The molecule has 0 N–H and O–H groups in total. The second-order valence-corrected chi connectivity index (χ2v) is 5.74. The summed E-state index contributed by atoms with van der Waals surface area (Å²) in [7, 11) is 1.43. The van der Waals surface area contributed by atoms with Crippen molar-refractivity contribution in [2.24, 2.45) is 0 Å². The molecule has 0 saturated carbocycles. The van der Waals surface area contributed by atoms with Gasteiger partial charge in [-0.2, -0.15) is 0 Å². The van der Waals surface area contributed by atoms with Crippen molar-refractivity contribution in [2.45, 2.75) is 26.2 Å². The number of nitro groups is 1. The van der Waals surface area contributed by atoms with Gasteiger partial charge in [0.2, 0.25) is 0 Å². The number of carbonyl (C=O) groups excluding carboxylic acids is 1. The minimum absolute atomic E-state index is 0.124. The maximum absolute atomic E-state index is 12.3. The summed E-state index contributed by atoms with van der Waals surface area (Å²) < 4.78 is 10.6. The minimum atomic E-state index is -0.526. The Morgan fingerprint density at radius 2 is 1.84 bits per heavy atom. The van der Waals surface area contributed by atoms with Gasteiger partial charge in [0, 0.05) is 11.6 Å². The molecule has 0 radical (unpaired) electrons. The first-order valence-electron chi connectivity index (χ1n) is 8.04. The molecule has 0 bridgehead atoms. The van der Waals surface area contributed by atoms with Gasteiger partial charge in [-0.05, 0) is 24.0 Å². The Bertz CT molecular complexity index is 755. The van der Waals surface area contributed by atoms with Crippen LogP contribution in [0.5, 0.6) is 11.5 Å². The summed E-state index contributed by atoms with van der Waals surface area (Å²) in [5.41, 5.74) is 1.60. The van der Waals surface area contributed by atoms with E-state index in [9.17, 15) is 14.9 Å². The zero-order valence-corrected chi connectivity index (χ0v) is 14.5. The van der Waals surface area contributed by atoms with E-state index in [0.29, 0.717) is 17.2 Å². The largest absolute Gasteiger partial charge is 0.493 e. The van der Waals surface area contributed by atoms with Crippen LogP contribution in [0.1, 0.15) is 42.1 Å². The summed E-state index contributed by atoms with van der Waals surface area (Å²) in [6.45, 7) is 4.03. The van der Waals surface area contributed by atoms with Crippen LogP contribution in [-0.2, 0) is 0 Å². The molecule has 0 spiro atoms. The predicted molar refractivity (Wildman–Crippen MR) is 94.6 cm³/mol. The summed E-state index contributed by atoms with van der Waals surface area (Å²) in [6.07, 6.45) is 1.03. The normalized spacial score (nSPS) is 11.6. The quantitative estimate of drug-likeness (QED) is 0.404. The van der Waals surface area contributed by atoms with E-state index in [1.807, 2.05) is 12.1 Å². The van der Waals surface area contributed by atoms with Crippen LogP contribution in [0.4, 0.5) is 5.69 Å². The molecule has 0 fully saturated rings. The highest BCUT2D eigenvalue weighted by Gasteiger charge is 2.15. The van der Waals surface area contributed by atoms with E-state index in [0.717, 1.165) is 6.42 Å². The van der Waals surface area contributed by atoms with Gasteiger partial charge in [-0.15, -0.1) is 0 Å². The number of carbonyl (C=O) groups is 1. The summed E-state index contributed by atoms with van der Waals surface area (Å²) in [5.74, 6) is 0.741. The molecule has 0 saturated heterocycles. The zero-order chi connectivity index (χ0) is 18.4. The van der Waals surface area contributed by atoms with Crippen molar-refractivity contribution in [3.05, 3.63) is 63.7 Å². The lowest BCUT2D eigenvalue weighted by Gasteiger charge is -2.11. The molecule has 6 heteroatoms. The van der Waals surface area contributed by atoms with Crippen LogP contribution < -0.4 is 9.47 Å². The molecule has 2 aromatic carbocycles. The molecule has 2 rings (SSSR count). The molecule has 0 aliphatic rings. The third-order valence-electron chi connectivity index (χ3n) is 4.13. The van der Waals surface area contributed by atoms with E-state index in [-0.39, 0.29) is 23.8 Å². The van der Waals surface area contributed by atoms with E-state index in [2.05, 4.69) is 13.8 Å². The Hall–Kier alpha value is -2.89. The monoisotopic (exact) mass is 343 g/mol. The van der Waals surface area contributed by atoms with Crippen LogP contribution in [0.2, 0.25) is 0 Å². The first-order valence-corrected chi connectivity index (χ1v) is 8.04. The Morgan fingerprint density at radius 3 is 2.40 bits per heavy atom. The topological polar surface area (TPSA) is 78.7 Å². The van der Waals surface area contributed by atoms with Gasteiger partial charge in [-0.25, -0.2) is 0 Å². The van der Waals surface area contributed by atoms with Gasteiger partial charge in [-0.3, -0.25) is 14.9 Å². The number of Topliss-reactive ketones (excluding diaryl/α,β-unsaturated/α-hetero) is 1. The van der Waals surface area contributed by atoms with Crippen LogP contribution in [0.25, 0.3) is 0 Å². The number of methoxy groups -OCH3 is 1. The molecule has 0 aliphatic carbocycles. The van der Waals surface area contributed by atoms with Crippen LogP contribution in [0.3, 0.4) is 0 Å². The molecular weight excluding hydrogens is 322 g/mol. The van der Waals surface area contributed by atoms with Gasteiger partial charge < -0.3 is 9.47 Å². The number of rotatable bonds is 8. The number of ether oxygens (including phenoxy) is 2. The van der Waals surface area contributed by atoms with E-state index in [4.69, 9.17) is 9.47 Å². The Kier molecular flexibility index (Phi) is 6.11. The second-order valence-electron chi connectivity index (χ2n) is 5.74. The van der Waals surface area contributed by atoms with E-state index >= 15 is 0 Å².